The lowest BCUT2D eigenvalue weighted by Crippen LogP contribution is -2.48. The highest BCUT2D eigenvalue weighted by Crippen LogP contribution is 2.21. The monoisotopic (exact) mass is 414 g/mol. The molecule has 162 valence electrons. The van der Waals surface area contributed by atoms with Crippen molar-refractivity contribution in [1.82, 2.24) is 25.2 Å². The second-order valence-corrected chi connectivity index (χ2v) is 8.15. The first-order chi connectivity index (χ1) is 14.5. The lowest BCUT2D eigenvalue weighted by Gasteiger charge is -2.33. The van der Waals surface area contributed by atoms with E-state index >= 15 is 0 Å². The summed E-state index contributed by atoms with van der Waals surface area (Å²) < 4.78 is 6.81. The molecule has 0 saturated carbocycles. The van der Waals surface area contributed by atoms with Gasteiger partial charge < -0.3 is 14.7 Å². The summed E-state index contributed by atoms with van der Waals surface area (Å²) in [5.74, 6) is 1.30. The van der Waals surface area contributed by atoms with Gasteiger partial charge in [-0.15, -0.1) is 0 Å². The van der Waals surface area contributed by atoms with Crippen molar-refractivity contribution in [3.63, 3.8) is 0 Å². The lowest BCUT2D eigenvalue weighted by atomic mass is 10.0. The predicted molar refractivity (Wildman–Crippen MR) is 113 cm³/mol. The van der Waals surface area contributed by atoms with Crippen LogP contribution in [0.1, 0.15) is 54.4 Å². The van der Waals surface area contributed by atoms with E-state index in [2.05, 4.69) is 25.4 Å². The van der Waals surface area contributed by atoms with Crippen LogP contribution in [0.3, 0.4) is 0 Å². The molecule has 1 amide bonds. The predicted octanol–water partition coefficient (Wildman–Crippen LogP) is 1.55. The molecule has 0 aliphatic carbocycles. The van der Waals surface area contributed by atoms with Crippen LogP contribution in [0.25, 0.3) is 0 Å². The van der Waals surface area contributed by atoms with Crippen molar-refractivity contribution >= 4 is 11.7 Å². The van der Waals surface area contributed by atoms with Crippen LogP contribution in [0.2, 0.25) is 0 Å². The molecule has 0 spiro atoms. The largest absolute Gasteiger partial charge is 0.361 e. The van der Waals surface area contributed by atoms with Crippen LogP contribution in [0.5, 0.6) is 0 Å². The maximum Gasteiger partial charge on any atom is 0.274 e. The van der Waals surface area contributed by atoms with Crippen LogP contribution in [0, 0.1) is 6.92 Å². The minimum Gasteiger partial charge on any atom is -0.361 e. The van der Waals surface area contributed by atoms with Crippen LogP contribution in [0.4, 0.5) is 5.82 Å². The fourth-order valence-corrected chi connectivity index (χ4v) is 4.31. The van der Waals surface area contributed by atoms with Gasteiger partial charge >= 0.3 is 0 Å². The van der Waals surface area contributed by atoms with E-state index in [9.17, 15) is 9.59 Å². The first-order valence-electron chi connectivity index (χ1n) is 10.9. The standard InChI is InChI=1S/C21H30N6O3/c1-3-27-19(28)9-8-18(23-27)26-12-6-7-16(13-26)22-21(29)20-17(15(2)30-24-20)14-25-10-4-5-11-25/h8-9,16H,3-7,10-14H2,1-2H3,(H,22,29). The van der Waals surface area contributed by atoms with Crippen LogP contribution in [0.15, 0.2) is 21.5 Å². The second kappa shape index (κ2) is 8.99. The number of hydrogen-bond donors (Lipinski definition) is 1. The molecule has 2 saturated heterocycles. The lowest BCUT2D eigenvalue weighted by molar-refractivity contribution is 0.0922. The van der Waals surface area contributed by atoms with Crippen LogP contribution < -0.4 is 15.8 Å². The Morgan fingerprint density at radius 3 is 2.80 bits per heavy atom. The molecule has 2 aromatic heterocycles. The van der Waals surface area contributed by atoms with Gasteiger partial charge in [-0.05, 0) is 58.7 Å². The molecular weight excluding hydrogens is 384 g/mol. The number of rotatable bonds is 6. The van der Waals surface area contributed by atoms with Gasteiger partial charge in [-0.2, -0.15) is 5.10 Å². The summed E-state index contributed by atoms with van der Waals surface area (Å²) in [6.07, 6.45) is 4.23. The molecule has 0 radical (unpaired) electrons. The van der Waals surface area contributed by atoms with Crippen molar-refractivity contribution in [2.45, 2.75) is 58.7 Å². The average Bonchev–Trinajstić information content (AvgIpc) is 3.39. The van der Waals surface area contributed by atoms with Crippen molar-refractivity contribution in [3.05, 3.63) is 39.5 Å². The number of likely N-dealkylation sites (tertiary alicyclic amines) is 1. The topological polar surface area (TPSA) is 96.5 Å². The van der Waals surface area contributed by atoms with E-state index in [4.69, 9.17) is 4.52 Å². The van der Waals surface area contributed by atoms with E-state index in [1.54, 1.807) is 12.1 Å². The van der Waals surface area contributed by atoms with Crippen LogP contribution in [-0.2, 0) is 13.1 Å². The normalized spacial score (nSPS) is 19.9. The smallest absolute Gasteiger partial charge is 0.274 e. The Balaban J connectivity index is 1.43. The SMILES string of the molecule is CCn1nc(N2CCCC(NC(=O)c3noc(C)c3CN3CCCC3)C2)ccc1=O. The van der Waals surface area contributed by atoms with Gasteiger partial charge in [-0.1, -0.05) is 5.16 Å². The average molecular weight is 415 g/mol. The zero-order chi connectivity index (χ0) is 21.1. The molecule has 0 aromatic carbocycles. The Morgan fingerprint density at radius 2 is 2.03 bits per heavy atom. The summed E-state index contributed by atoms with van der Waals surface area (Å²) >= 11 is 0. The summed E-state index contributed by atoms with van der Waals surface area (Å²) in [7, 11) is 0. The van der Waals surface area contributed by atoms with Gasteiger partial charge in [-0.3, -0.25) is 14.5 Å². The van der Waals surface area contributed by atoms with Gasteiger partial charge in [-0.25, -0.2) is 4.68 Å². The number of aryl methyl sites for hydroxylation is 2. The number of piperidine rings is 1. The molecular formula is C21H30N6O3. The van der Waals surface area contributed by atoms with E-state index in [0.29, 0.717) is 31.1 Å². The third-order valence-electron chi connectivity index (χ3n) is 6.01. The molecule has 0 bridgehead atoms. The van der Waals surface area contributed by atoms with E-state index in [1.807, 2.05) is 13.8 Å². The Bertz CT molecular complexity index is 946. The summed E-state index contributed by atoms with van der Waals surface area (Å²) in [6.45, 7) is 8.61. The Labute approximate surface area is 176 Å². The third-order valence-corrected chi connectivity index (χ3v) is 6.01. The minimum atomic E-state index is -0.181. The molecule has 2 aliphatic heterocycles. The number of nitrogens with zero attached hydrogens (tertiary/aromatic N) is 5. The molecule has 2 aliphatic rings. The molecule has 2 aromatic rings. The maximum absolute atomic E-state index is 13.0. The van der Waals surface area contributed by atoms with E-state index in [-0.39, 0.29) is 17.5 Å². The maximum atomic E-state index is 13.0. The molecule has 1 atom stereocenters. The highest BCUT2D eigenvalue weighted by molar-refractivity contribution is 5.94. The summed E-state index contributed by atoms with van der Waals surface area (Å²) in [6, 6.07) is 3.30. The second-order valence-electron chi connectivity index (χ2n) is 8.15. The number of anilines is 1. The number of carbonyl (C=O) groups excluding carboxylic acids is 1. The number of nitrogens with one attached hydrogen (secondary N) is 1. The van der Waals surface area contributed by atoms with Crippen molar-refractivity contribution < 1.29 is 9.32 Å². The number of amides is 1. The fourth-order valence-electron chi connectivity index (χ4n) is 4.31. The van der Waals surface area contributed by atoms with Crippen molar-refractivity contribution in [2.75, 3.05) is 31.1 Å². The molecule has 4 rings (SSSR count). The minimum absolute atomic E-state index is 0.00769. The number of carbonyl (C=O) groups is 1. The van der Waals surface area contributed by atoms with Gasteiger partial charge in [0, 0.05) is 43.9 Å². The molecule has 4 heterocycles. The molecule has 30 heavy (non-hydrogen) atoms. The first kappa shape index (κ1) is 20.6. The van der Waals surface area contributed by atoms with Crippen LogP contribution in [-0.4, -0.2) is 58.0 Å². The van der Waals surface area contributed by atoms with Crippen molar-refractivity contribution in [2.24, 2.45) is 0 Å². The Kier molecular flexibility index (Phi) is 6.17. The zero-order valence-electron chi connectivity index (χ0n) is 17.8. The number of hydrogen-bond acceptors (Lipinski definition) is 7. The third kappa shape index (κ3) is 4.40. The summed E-state index contributed by atoms with van der Waals surface area (Å²) in [4.78, 5) is 29.3. The van der Waals surface area contributed by atoms with E-state index in [0.717, 1.165) is 43.9 Å². The Morgan fingerprint density at radius 1 is 1.23 bits per heavy atom. The molecule has 9 nitrogen and oxygen atoms in total. The quantitative estimate of drug-likeness (QED) is 0.766. The fraction of sp³-hybridized carbons (Fsp3) is 0.619. The van der Waals surface area contributed by atoms with Gasteiger partial charge in [0.05, 0.1) is 0 Å². The first-order valence-corrected chi connectivity index (χ1v) is 10.9. The molecule has 2 fully saturated rings. The van der Waals surface area contributed by atoms with Crippen molar-refractivity contribution in [1.29, 1.82) is 0 Å². The van der Waals surface area contributed by atoms with Gasteiger partial charge in [0.1, 0.15) is 11.6 Å². The molecule has 1 N–H and O–H groups in total. The summed E-state index contributed by atoms with van der Waals surface area (Å²) in [5, 5.41) is 11.6. The van der Waals surface area contributed by atoms with Gasteiger partial charge in [0.2, 0.25) is 0 Å². The van der Waals surface area contributed by atoms with Gasteiger partial charge in [0.15, 0.2) is 5.69 Å². The summed E-state index contributed by atoms with van der Waals surface area (Å²) in [5.41, 5.74) is 1.18. The highest BCUT2D eigenvalue weighted by atomic mass is 16.5. The van der Waals surface area contributed by atoms with Gasteiger partial charge in [0.25, 0.3) is 11.5 Å². The van der Waals surface area contributed by atoms with Crippen molar-refractivity contribution in [3.8, 4) is 0 Å². The molecule has 9 heteroatoms. The zero-order valence-corrected chi connectivity index (χ0v) is 17.8. The van der Waals surface area contributed by atoms with Crippen LogP contribution >= 0.6 is 0 Å². The van der Waals surface area contributed by atoms with E-state index in [1.165, 1.54) is 17.5 Å². The highest BCUT2D eigenvalue weighted by Gasteiger charge is 2.27. The Hall–Kier alpha value is -2.68. The number of aromatic nitrogens is 3. The van der Waals surface area contributed by atoms with E-state index < -0.39 is 0 Å². The molecule has 1 unspecified atom stereocenters.